The standard InChI is InChI=1S/C18H17F3N6O/c1-10-15(12-5-4-11(9-14(12)28)18(19,20)21)25-26-17(23-10)24-13-3-2-7-27-8-6-22-16(13)27/h4-6,8-9,13,28H,2-3,7H2,1H3,(H,23,24,26). The van der Waals surface area contributed by atoms with Crippen LogP contribution in [-0.4, -0.2) is 29.8 Å². The average molecular weight is 390 g/mol. The van der Waals surface area contributed by atoms with Crippen molar-refractivity contribution in [1.29, 1.82) is 0 Å². The van der Waals surface area contributed by atoms with Gasteiger partial charge < -0.3 is 15.0 Å². The van der Waals surface area contributed by atoms with Gasteiger partial charge in [-0.2, -0.15) is 13.2 Å². The molecule has 2 N–H and O–H groups in total. The minimum atomic E-state index is -4.53. The van der Waals surface area contributed by atoms with Crippen molar-refractivity contribution in [1.82, 2.24) is 24.7 Å². The molecule has 0 spiro atoms. The lowest BCUT2D eigenvalue weighted by atomic mass is 10.1. The number of nitrogens with one attached hydrogen (secondary N) is 1. The van der Waals surface area contributed by atoms with Gasteiger partial charge in [-0.15, -0.1) is 10.2 Å². The summed E-state index contributed by atoms with van der Waals surface area (Å²) in [7, 11) is 0. The Bertz CT molecular complexity index is 1020. The summed E-state index contributed by atoms with van der Waals surface area (Å²) in [6.45, 7) is 2.58. The Morgan fingerprint density at radius 1 is 1.25 bits per heavy atom. The summed E-state index contributed by atoms with van der Waals surface area (Å²) >= 11 is 0. The molecular weight excluding hydrogens is 373 g/mol. The molecule has 146 valence electrons. The van der Waals surface area contributed by atoms with E-state index in [0.717, 1.165) is 31.3 Å². The van der Waals surface area contributed by atoms with Gasteiger partial charge in [0.2, 0.25) is 5.95 Å². The van der Waals surface area contributed by atoms with Crippen LogP contribution in [0.15, 0.2) is 30.6 Å². The van der Waals surface area contributed by atoms with Gasteiger partial charge in [-0.1, -0.05) is 0 Å². The molecule has 0 amide bonds. The maximum Gasteiger partial charge on any atom is 0.416 e. The number of nitrogens with zero attached hydrogens (tertiary/aromatic N) is 5. The number of phenolic OH excluding ortho intramolecular Hbond substituents is 1. The van der Waals surface area contributed by atoms with E-state index in [2.05, 4.69) is 30.0 Å². The van der Waals surface area contributed by atoms with Crippen LogP contribution in [0.25, 0.3) is 11.3 Å². The number of fused-ring (bicyclic) bond motifs is 1. The van der Waals surface area contributed by atoms with Crippen LogP contribution < -0.4 is 5.32 Å². The fourth-order valence-electron chi connectivity index (χ4n) is 3.33. The van der Waals surface area contributed by atoms with Crippen molar-refractivity contribution in [2.24, 2.45) is 0 Å². The van der Waals surface area contributed by atoms with Gasteiger partial charge in [0.1, 0.15) is 17.3 Å². The number of aromatic hydroxyl groups is 1. The Hall–Kier alpha value is -3.17. The zero-order chi connectivity index (χ0) is 19.9. The van der Waals surface area contributed by atoms with E-state index in [0.29, 0.717) is 17.7 Å². The van der Waals surface area contributed by atoms with Crippen LogP contribution in [0.3, 0.4) is 0 Å². The predicted molar refractivity (Wildman–Crippen MR) is 94.5 cm³/mol. The first kappa shape index (κ1) is 18.2. The van der Waals surface area contributed by atoms with Gasteiger partial charge in [0.25, 0.3) is 0 Å². The summed E-state index contributed by atoms with van der Waals surface area (Å²) in [5.41, 5.74) is -0.128. The number of rotatable bonds is 3. The van der Waals surface area contributed by atoms with Crippen LogP contribution in [0.5, 0.6) is 5.75 Å². The summed E-state index contributed by atoms with van der Waals surface area (Å²) in [5, 5.41) is 21.3. The lowest BCUT2D eigenvalue weighted by Gasteiger charge is -2.24. The highest BCUT2D eigenvalue weighted by Crippen LogP contribution is 2.36. The Kier molecular flexibility index (Phi) is 4.40. The van der Waals surface area contributed by atoms with Crippen molar-refractivity contribution in [3.8, 4) is 17.0 Å². The zero-order valence-corrected chi connectivity index (χ0v) is 14.9. The average Bonchev–Trinajstić information content (AvgIpc) is 3.11. The molecule has 1 unspecified atom stereocenters. The van der Waals surface area contributed by atoms with E-state index >= 15 is 0 Å². The number of aryl methyl sites for hydroxylation is 2. The second-order valence-electron chi connectivity index (χ2n) is 6.62. The van der Waals surface area contributed by atoms with E-state index in [4.69, 9.17) is 0 Å². The SMILES string of the molecule is Cc1nc(NC2CCCn3ccnc32)nnc1-c1ccc(C(F)(F)F)cc1O. The molecule has 3 heterocycles. The topological polar surface area (TPSA) is 88.8 Å². The van der Waals surface area contributed by atoms with E-state index in [1.807, 2.05) is 6.20 Å². The number of anilines is 1. The number of alkyl halides is 3. The first-order valence-corrected chi connectivity index (χ1v) is 8.72. The molecule has 1 aromatic carbocycles. The quantitative estimate of drug-likeness (QED) is 0.709. The number of benzene rings is 1. The van der Waals surface area contributed by atoms with Crippen LogP contribution in [0.1, 0.15) is 36.0 Å². The van der Waals surface area contributed by atoms with E-state index in [1.165, 1.54) is 6.07 Å². The highest BCUT2D eigenvalue weighted by atomic mass is 19.4. The summed E-state index contributed by atoms with van der Waals surface area (Å²) < 4.78 is 40.4. The van der Waals surface area contributed by atoms with Crippen LogP contribution in [0.2, 0.25) is 0 Å². The Morgan fingerprint density at radius 2 is 2.07 bits per heavy atom. The molecule has 0 bridgehead atoms. The normalized spacial score (nSPS) is 16.6. The maximum absolute atomic E-state index is 12.8. The number of hydrogen-bond donors (Lipinski definition) is 2. The first-order valence-electron chi connectivity index (χ1n) is 8.72. The smallest absolute Gasteiger partial charge is 0.416 e. The Balaban J connectivity index is 1.59. The molecule has 1 aliphatic rings. The van der Waals surface area contributed by atoms with Gasteiger partial charge in [-0.05, 0) is 38.0 Å². The summed E-state index contributed by atoms with van der Waals surface area (Å²) in [6.07, 6.45) is 1.00. The molecule has 7 nitrogen and oxygen atoms in total. The van der Waals surface area contributed by atoms with Crippen molar-refractivity contribution in [3.05, 3.63) is 47.7 Å². The highest BCUT2D eigenvalue weighted by molar-refractivity contribution is 5.69. The lowest BCUT2D eigenvalue weighted by molar-refractivity contribution is -0.137. The molecule has 1 aliphatic heterocycles. The molecular formula is C18H17F3N6O. The second kappa shape index (κ2) is 6.77. The molecule has 0 saturated carbocycles. The van der Waals surface area contributed by atoms with Crippen molar-refractivity contribution in [3.63, 3.8) is 0 Å². The zero-order valence-electron chi connectivity index (χ0n) is 14.9. The van der Waals surface area contributed by atoms with Crippen LogP contribution in [0, 0.1) is 6.92 Å². The first-order chi connectivity index (χ1) is 13.3. The van der Waals surface area contributed by atoms with Gasteiger partial charge in [0.15, 0.2) is 0 Å². The molecule has 0 aliphatic carbocycles. The third kappa shape index (κ3) is 3.37. The second-order valence-corrected chi connectivity index (χ2v) is 6.62. The van der Waals surface area contributed by atoms with E-state index in [1.54, 1.807) is 13.1 Å². The summed E-state index contributed by atoms with van der Waals surface area (Å²) in [4.78, 5) is 8.72. The van der Waals surface area contributed by atoms with Crippen molar-refractivity contribution < 1.29 is 18.3 Å². The molecule has 0 fully saturated rings. The molecule has 10 heteroatoms. The molecule has 28 heavy (non-hydrogen) atoms. The number of phenols is 1. The molecule has 0 saturated heterocycles. The predicted octanol–water partition coefficient (Wildman–Crippen LogP) is 3.71. The number of hydrogen-bond acceptors (Lipinski definition) is 6. The largest absolute Gasteiger partial charge is 0.507 e. The van der Waals surface area contributed by atoms with Crippen molar-refractivity contribution in [2.45, 2.75) is 38.5 Å². The molecule has 2 aromatic heterocycles. The third-order valence-electron chi connectivity index (χ3n) is 4.70. The third-order valence-corrected chi connectivity index (χ3v) is 4.70. The fourth-order valence-corrected chi connectivity index (χ4v) is 3.33. The van der Waals surface area contributed by atoms with Crippen LogP contribution >= 0.6 is 0 Å². The minimum Gasteiger partial charge on any atom is -0.507 e. The van der Waals surface area contributed by atoms with Crippen molar-refractivity contribution in [2.75, 3.05) is 5.32 Å². The molecule has 4 rings (SSSR count). The van der Waals surface area contributed by atoms with E-state index in [9.17, 15) is 18.3 Å². The minimum absolute atomic E-state index is 0.0460. The van der Waals surface area contributed by atoms with Crippen LogP contribution in [0.4, 0.5) is 19.1 Å². The number of aromatic nitrogens is 5. The Morgan fingerprint density at radius 3 is 2.79 bits per heavy atom. The van der Waals surface area contributed by atoms with E-state index < -0.39 is 17.5 Å². The monoisotopic (exact) mass is 390 g/mol. The number of halogens is 3. The van der Waals surface area contributed by atoms with Gasteiger partial charge in [0, 0.05) is 24.5 Å². The fraction of sp³-hybridized carbons (Fsp3) is 0.333. The number of imidazole rings is 1. The van der Waals surface area contributed by atoms with E-state index in [-0.39, 0.29) is 17.3 Å². The Labute approximate surface area is 158 Å². The molecule has 1 atom stereocenters. The van der Waals surface area contributed by atoms with Gasteiger partial charge in [0.05, 0.1) is 17.3 Å². The van der Waals surface area contributed by atoms with Gasteiger partial charge in [-0.3, -0.25) is 0 Å². The maximum atomic E-state index is 12.8. The van der Waals surface area contributed by atoms with Gasteiger partial charge in [-0.25, -0.2) is 9.97 Å². The molecule has 3 aromatic rings. The lowest BCUT2D eigenvalue weighted by Crippen LogP contribution is -2.23. The molecule has 0 radical (unpaired) electrons. The van der Waals surface area contributed by atoms with Crippen LogP contribution in [-0.2, 0) is 12.7 Å². The van der Waals surface area contributed by atoms with Crippen molar-refractivity contribution >= 4 is 5.95 Å². The van der Waals surface area contributed by atoms with Gasteiger partial charge >= 0.3 is 6.18 Å². The summed E-state index contributed by atoms with van der Waals surface area (Å²) in [5.74, 6) is 0.676. The summed E-state index contributed by atoms with van der Waals surface area (Å²) in [6, 6.07) is 2.69. The highest BCUT2D eigenvalue weighted by Gasteiger charge is 2.31.